The Kier molecular flexibility index (Phi) is 7.72. The fraction of sp³-hybridized carbons (Fsp3) is 0.200. The first-order chi connectivity index (χ1) is 13.9. The number of nitrogens with one attached hydrogen (secondary N) is 2. The van der Waals surface area contributed by atoms with Gasteiger partial charge in [0.2, 0.25) is 6.61 Å². The summed E-state index contributed by atoms with van der Waals surface area (Å²) in [7, 11) is 0. The molecule has 0 amide bonds. The maximum absolute atomic E-state index is 12.3. The third-order valence-electron chi connectivity index (χ3n) is 3.55. The lowest BCUT2D eigenvalue weighted by Gasteiger charge is -2.08. The highest BCUT2D eigenvalue weighted by Crippen LogP contribution is 2.17. The minimum atomic E-state index is -0.537. The first kappa shape index (κ1) is 21.4. The molecule has 0 aromatic heterocycles. The Morgan fingerprint density at radius 3 is 2.52 bits per heavy atom. The van der Waals surface area contributed by atoms with E-state index in [1.807, 2.05) is 0 Å². The van der Waals surface area contributed by atoms with Gasteiger partial charge in [-0.3, -0.25) is 5.41 Å². The molecule has 4 N–H and O–H groups in total. The summed E-state index contributed by atoms with van der Waals surface area (Å²) in [4.78, 5) is 28.5. The summed E-state index contributed by atoms with van der Waals surface area (Å²) in [6.07, 6.45) is 0. The molecule has 0 saturated carbocycles. The van der Waals surface area contributed by atoms with Crippen LogP contribution in [0.1, 0.15) is 29.8 Å². The number of hydrogen-bond donors (Lipinski definition) is 3. The molecule has 0 radical (unpaired) electrons. The number of esters is 2. The van der Waals surface area contributed by atoms with Gasteiger partial charge in [0.15, 0.2) is 5.96 Å². The van der Waals surface area contributed by atoms with Crippen molar-refractivity contribution in [3.8, 4) is 5.75 Å². The SMILES string of the molecule is CCOC(=O)CON=C(C)c1cccc(OC(=O)c2ccc(NC(=N)N)cc2)c1. The first-order valence-corrected chi connectivity index (χ1v) is 8.75. The fourth-order valence-electron chi connectivity index (χ4n) is 2.23. The van der Waals surface area contributed by atoms with Crippen molar-refractivity contribution in [3.63, 3.8) is 0 Å². The Bertz CT molecular complexity index is 909. The van der Waals surface area contributed by atoms with Gasteiger partial charge in [-0.15, -0.1) is 0 Å². The average molecular weight is 398 g/mol. The predicted octanol–water partition coefficient (Wildman–Crippen LogP) is 2.51. The summed E-state index contributed by atoms with van der Waals surface area (Å²) >= 11 is 0. The van der Waals surface area contributed by atoms with E-state index in [0.717, 1.165) is 0 Å². The second-order valence-electron chi connectivity index (χ2n) is 5.79. The van der Waals surface area contributed by atoms with Crippen molar-refractivity contribution in [1.82, 2.24) is 0 Å². The Morgan fingerprint density at radius 1 is 1.14 bits per heavy atom. The zero-order chi connectivity index (χ0) is 21.2. The van der Waals surface area contributed by atoms with Crippen LogP contribution in [0.15, 0.2) is 53.7 Å². The van der Waals surface area contributed by atoms with Crippen LogP contribution in [0.4, 0.5) is 5.69 Å². The van der Waals surface area contributed by atoms with Crippen molar-refractivity contribution >= 4 is 29.3 Å². The molecule has 0 aliphatic heterocycles. The maximum Gasteiger partial charge on any atom is 0.347 e. The van der Waals surface area contributed by atoms with Crippen LogP contribution < -0.4 is 15.8 Å². The molecular weight excluding hydrogens is 376 g/mol. The van der Waals surface area contributed by atoms with E-state index < -0.39 is 11.9 Å². The smallest absolute Gasteiger partial charge is 0.347 e. The van der Waals surface area contributed by atoms with Crippen LogP contribution >= 0.6 is 0 Å². The minimum Gasteiger partial charge on any atom is -0.463 e. The van der Waals surface area contributed by atoms with Crippen molar-refractivity contribution in [2.45, 2.75) is 13.8 Å². The lowest BCUT2D eigenvalue weighted by atomic mass is 10.1. The van der Waals surface area contributed by atoms with Crippen molar-refractivity contribution in [1.29, 1.82) is 5.41 Å². The minimum absolute atomic E-state index is 0.194. The molecule has 29 heavy (non-hydrogen) atoms. The summed E-state index contributed by atoms with van der Waals surface area (Å²) in [6, 6.07) is 13.1. The van der Waals surface area contributed by atoms with Gasteiger partial charge in [-0.25, -0.2) is 9.59 Å². The second-order valence-corrected chi connectivity index (χ2v) is 5.79. The van der Waals surface area contributed by atoms with Gasteiger partial charge in [0.25, 0.3) is 0 Å². The zero-order valence-electron chi connectivity index (χ0n) is 16.1. The third-order valence-corrected chi connectivity index (χ3v) is 3.55. The lowest BCUT2D eigenvalue weighted by molar-refractivity contribution is -0.148. The Labute approximate surface area is 167 Å². The van der Waals surface area contributed by atoms with E-state index in [1.54, 1.807) is 62.4 Å². The summed E-state index contributed by atoms with van der Waals surface area (Å²) in [5.74, 6) is -0.903. The van der Waals surface area contributed by atoms with E-state index in [-0.39, 0.29) is 19.2 Å². The Balaban J connectivity index is 2.00. The van der Waals surface area contributed by atoms with Gasteiger partial charge in [0, 0.05) is 11.3 Å². The molecule has 2 aromatic carbocycles. The molecule has 0 heterocycles. The molecule has 2 rings (SSSR count). The molecule has 0 bridgehead atoms. The average Bonchev–Trinajstić information content (AvgIpc) is 2.68. The number of guanidine groups is 1. The molecular formula is C20H22N4O5. The zero-order valence-corrected chi connectivity index (χ0v) is 16.1. The molecule has 0 fully saturated rings. The Hall–Kier alpha value is -3.88. The van der Waals surface area contributed by atoms with E-state index in [4.69, 9.17) is 25.5 Å². The van der Waals surface area contributed by atoms with Crippen LogP contribution in [0.2, 0.25) is 0 Å². The molecule has 0 atom stereocenters. The topological polar surface area (TPSA) is 136 Å². The van der Waals surface area contributed by atoms with Gasteiger partial charge in [-0.1, -0.05) is 17.3 Å². The highest BCUT2D eigenvalue weighted by molar-refractivity contribution is 5.99. The van der Waals surface area contributed by atoms with Crippen LogP contribution in [0.5, 0.6) is 5.75 Å². The molecule has 0 spiro atoms. The third kappa shape index (κ3) is 6.98. The number of carbonyl (C=O) groups excluding carboxylic acids is 2. The Morgan fingerprint density at radius 2 is 1.86 bits per heavy atom. The summed E-state index contributed by atoms with van der Waals surface area (Å²) in [5.41, 5.74) is 7.36. The number of nitrogens with two attached hydrogens (primary N) is 1. The predicted molar refractivity (Wildman–Crippen MR) is 108 cm³/mol. The molecule has 2 aromatic rings. The molecule has 9 nitrogen and oxygen atoms in total. The highest BCUT2D eigenvalue weighted by Gasteiger charge is 2.10. The number of benzene rings is 2. The first-order valence-electron chi connectivity index (χ1n) is 8.75. The van der Waals surface area contributed by atoms with Crippen LogP contribution in [-0.4, -0.2) is 36.8 Å². The molecule has 0 saturated heterocycles. The second kappa shape index (κ2) is 10.5. The van der Waals surface area contributed by atoms with E-state index in [9.17, 15) is 9.59 Å². The highest BCUT2D eigenvalue weighted by atomic mass is 16.7. The number of anilines is 1. The van der Waals surface area contributed by atoms with Crippen LogP contribution in [0.3, 0.4) is 0 Å². The van der Waals surface area contributed by atoms with Gasteiger partial charge in [-0.2, -0.15) is 0 Å². The number of carbonyl (C=O) groups is 2. The van der Waals surface area contributed by atoms with E-state index in [0.29, 0.717) is 28.3 Å². The van der Waals surface area contributed by atoms with Gasteiger partial charge < -0.3 is 25.4 Å². The molecule has 152 valence electrons. The van der Waals surface area contributed by atoms with E-state index in [2.05, 4.69) is 10.5 Å². The number of rotatable bonds is 8. The van der Waals surface area contributed by atoms with Crippen LogP contribution in [-0.2, 0) is 14.4 Å². The fourth-order valence-corrected chi connectivity index (χ4v) is 2.23. The van der Waals surface area contributed by atoms with Crippen molar-refractivity contribution in [2.75, 3.05) is 18.5 Å². The van der Waals surface area contributed by atoms with Crippen LogP contribution in [0.25, 0.3) is 0 Å². The normalized spacial score (nSPS) is 10.8. The summed E-state index contributed by atoms with van der Waals surface area (Å²) in [6.45, 7) is 3.39. The summed E-state index contributed by atoms with van der Waals surface area (Å²) in [5, 5.41) is 13.7. The van der Waals surface area contributed by atoms with Gasteiger partial charge in [-0.05, 0) is 50.2 Å². The molecule has 0 aliphatic rings. The number of oxime groups is 1. The maximum atomic E-state index is 12.3. The van der Waals surface area contributed by atoms with Gasteiger partial charge in [0.1, 0.15) is 5.75 Å². The number of ether oxygens (including phenoxy) is 2. The van der Waals surface area contributed by atoms with Crippen molar-refractivity contribution in [2.24, 2.45) is 10.9 Å². The molecule has 9 heteroatoms. The van der Waals surface area contributed by atoms with E-state index >= 15 is 0 Å². The van der Waals surface area contributed by atoms with Crippen molar-refractivity contribution in [3.05, 3.63) is 59.7 Å². The van der Waals surface area contributed by atoms with Crippen LogP contribution in [0, 0.1) is 5.41 Å². The molecule has 0 aliphatic carbocycles. The van der Waals surface area contributed by atoms with E-state index in [1.165, 1.54) is 0 Å². The quantitative estimate of drug-likeness (QED) is 0.204. The van der Waals surface area contributed by atoms with Gasteiger partial charge >= 0.3 is 11.9 Å². The largest absolute Gasteiger partial charge is 0.463 e. The van der Waals surface area contributed by atoms with Gasteiger partial charge in [0.05, 0.1) is 17.9 Å². The molecule has 0 unspecified atom stereocenters. The summed E-state index contributed by atoms with van der Waals surface area (Å²) < 4.78 is 10.1. The lowest BCUT2D eigenvalue weighted by Crippen LogP contribution is -2.20. The number of hydrogen-bond acceptors (Lipinski definition) is 7. The van der Waals surface area contributed by atoms with Crippen molar-refractivity contribution < 1.29 is 23.9 Å². The monoisotopic (exact) mass is 398 g/mol. The number of nitrogens with zero attached hydrogens (tertiary/aromatic N) is 1. The standard InChI is InChI=1S/C20H22N4O5/c1-3-27-18(25)12-28-24-13(2)15-5-4-6-17(11-15)29-19(26)14-7-9-16(10-8-14)23-20(21)22/h4-11H,3,12H2,1-2H3,(H4,21,22,23).